The van der Waals surface area contributed by atoms with Gasteiger partial charge in [-0.3, -0.25) is 4.68 Å². The maximum atomic E-state index is 5.68. The summed E-state index contributed by atoms with van der Waals surface area (Å²) < 4.78 is 7.15. The summed E-state index contributed by atoms with van der Waals surface area (Å²) in [4.78, 5) is 8.37. The molecule has 0 aliphatic carbocycles. The molecule has 3 aromatic rings. The van der Waals surface area contributed by atoms with Crippen molar-refractivity contribution >= 4 is 22.8 Å². The third-order valence-electron chi connectivity index (χ3n) is 2.46. The molecule has 0 spiro atoms. The summed E-state index contributed by atoms with van der Waals surface area (Å²) >= 11 is 0. The fourth-order valence-corrected chi connectivity index (χ4v) is 1.64. The van der Waals surface area contributed by atoms with E-state index < -0.39 is 0 Å². The first kappa shape index (κ1) is 10.6. The summed E-state index contributed by atoms with van der Waals surface area (Å²) in [5.74, 6) is 0.680. The van der Waals surface area contributed by atoms with Gasteiger partial charge in [0.25, 0.3) is 6.01 Å². The molecule has 0 aliphatic rings. The smallest absolute Gasteiger partial charge is 0.296 e. The molecule has 0 amide bonds. The average Bonchev–Trinajstić information content (AvgIpc) is 2.92. The Balaban J connectivity index is 1.78. The van der Waals surface area contributed by atoms with Crippen LogP contribution in [-0.2, 0) is 13.6 Å². The number of rotatable bonds is 3. The van der Waals surface area contributed by atoms with Crippen LogP contribution in [-0.4, -0.2) is 19.7 Å². The Kier molecular flexibility index (Phi) is 2.36. The zero-order valence-electron chi connectivity index (χ0n) is 9.79. The Bertz CT molecular complexity index is 686. The van der Waals surface area contributed by atoms with Crippen LogP contribution >= 0.6 is 0 Å². The minimum absolute atomic E-state index is 0.433. The number of nitrogens with zero attached hydrogens (tertiary/aromatic N) is 4. The topological polar surface area (TPSA) is 94.8 Å². The number of anilines is 2. The van der Waals surface area contributed by atoms with E-state index in [1.165, 1.54) is 0 Å². The molecule has 18 heavy (non-hydrogen) atoms. The van der Waals surface area contributed by atoms with E-state index in [0.717, 1.165) is 5.52 Å². The van der Waals surface area contributed by atoms with Crippen molar-refractivity contribution in [3.05, 3.63) is 30.4 Å². The third-order valence-corrected chi connectivity index (χ3v) is 2.46. The molecule has 7 heteroatoms. The molecular weight excluding hydrogens is 232 g/mol. The Morgan fingerprint density at radius 1 is 1.44 bits per heavy atom. The van der Waals surface area contributed by atoms with Crippen LogP contribution in [0.15, 0.2) is 28.9 Å². The highest BCUT2D eigenvalue weighted by molar-refractivity contribution is 5.78. The van der Waals surface area contributed by atoms with E-state index >= 15 is 0 Å². The summed E-state index contributed by atoms with van der Waals surface area (Å²) in [6, 6.07) is 5.77. The molecule has 0 saturated carbocycles. The number of aromatic nitrogens is 4. The Morgan fingerprint density at radius 2 is 2.33 bits per heavy atom. The first-order valence-electron chi connectivity index (χ1n) is 5.45. The van der Waals surface area contributed by atoms with Crippen LogP contribution in [0.1, 0.15) is 5.82 Å². The molecule has 0 unspecified atom stereocenters. The summed E-state index contributed by atoms with van der Waals surface area (Å²) in [6.07, 6.45) is 1.64. The number of oxazole rings is 1. The molecule has 0 aliphatic heterocycles. The number of nitrogens with two attached hydrogens (primary N) is 1. The zero-order chi connectivity index (χ0) is 12.5. The summed E-state index contributed by atoms with van der Waals surface area (Å²) in [6.45, 7) is 0.461. The molecule has 0 fully saturated rings. The van der Waals surface area contributed by atoms with Crippen LogP contribution in [0.4, 0.5) is 11.7 Å². The van der Waals surface area contributed by atoms with Crippen molar-refractivity contribution in [3.63, 3.8) is 0 Å². The van der Waals surface area contributed by atoms with Gasteiger partial charge in [0, 0.05) is 12.7 Å². The number of benzene rings is 1. The molecule has 0 bridgehead atoms. The van der Waals surface area contributed by atoms with E-state index in [2.05, 4.69) is 20.4 Å². The van der Waals surface area contributed by atoms with Gasteiger partial charge in [-0.1, -0.05) is 0 Å². The van der Waals surface area contributed by atoms with Gasteiger partial charge in [0.05, 0.1) is 6.54 Å². The van der Waals surface area contributed by atoms with E-state index in [0.29, 0.717) is 29.7 Å². The number of hydrogen-bond acceptors (Lipinski definition) is 6. The highest BCUT2D eigenvalue weighted by Gasteiger charge is 2.06. The van der Waals surface area contributed by atoms with Crippen molar-refractivity contribution < 1.29 is 4.42 Å². The van der Waals surface area contributed by atoms with Gasteiger partial charge in [-0.15, -0.1) is 0 Å². The number of hydrogen-bond donors (Lipinski definition) is 2. The van der Waals surface area contributed by atoms with Crippen LogP contribution in [0.5, 0.6) is 0 Å². The van der Waals surface area contributed by atoms with Gasteiger partial charge in [-0.2, -0.15) is 10.1 Å². The van der Waals surface area contributed by atoms with Crippen LogP contribution < -0.4 is 11.1 Å². The van der Waals surface area contributed by atoms with Gasteiger partial charge in [-0.05, 0) is 18.2 Å². The SMILES string of the molecule is Cn1cnc(CNc2nc3cc(N)ccc3o2)n1. The van der Waals surface area contributed by atoms with E-state index in [1.807, 2.05) is 7.05 Å². The van der Waals surface area contributed by atoms with Gasteiger partial charge in [0.1, 0.15) is 11.8 Å². The van der Waals surface area contributed by atoms with E-state index in [-0.39, 0.29) is 0 Å². The van der Waals surface area contributed by atoms with E-state index in [4.69, 9.17) is 10.2 Å². The predicted molar refractivity (Wildman–Crippen MR) is 66.8 cm³/mol. The number of nitrogens with one attached hydrogen (secondary N) is 1. The molecule has 3 N–H and O–H groups in total. The fraction of sp³-hybridized carbons (Fsp3) is 0.182. The lowest BCUT2D eigenvalue weighted by Crippen LogP contribution is -2.02. The molecule has 1 aromatic carbocycles. The maximum Gasteiger partial charge on any atom is 0.296 e. The first-order chi connectivity index (χ1) is 8.70. The van der Waals surface area contributed by atoms with Gasteiger partial charge < -0.3 is 15.5 Å². The Hall–Kier alpha value is -2.57. The van der Waals surface area contributed by atoms with Crippen LogP contribution in [0.2, 0.25) is 0 Å². The second-order valence-corrected chi connectivity index (χ2v) is 3.93. The fourth-order valence-electron chi connectivity index (χ4n) is 1.64. The monoisotopic (exact) mass is 244 g/mol. The molecule has 0 saturated heterocycles. The minimum atomic E-state index is 0.433. The molecule has 0 radical (unpaired) electrons. The number of fused-ring (bicyclic) bond motifs is 1. The van der Waals surface area contributed by atoms with E-state index in [9.17, 15) is 0 Å². The summed E-state index contributed by atoms with van der Waals surface area (Å²) in [7, 11) is 1.82. The molecule has 7 nitrogen and oxygen atoms in total. The lowest BCUT2D eigenvalue weighted by molar-refractivity contribution is 0.612. The molecule has 2 aromatic heterocycles. The van der Waals surface area contributed by atoms with Gasteiger partial charge in [0.2, 0.25) is 0 Å². The van der Waals surface area contributed by atoms with E-state index in [1.54, 1.807) is 29.2 Å². The lowest BCUT2D eigenvalue weighted by atomic mass is 10.3. The summed E-state index contributed by atoms with van der Waals surface area (Å²) in [5.41, 5.74) is 7.76. The highest BCUT2D eigenvalue weighted by Crippen LogP contribution is 2.21. The average molecular weight is 244 g/mol. The van der Waals surface area contributed by atoms with Crippen molar-refractivity contribution in [1.29, 1.82) is 0 Å². The Labute approximate surface area is 103 Å². The zero-order valence-corrected chi connectivity index (χ0v) is 9.79. The third kappa shape index (κ3) is 1.97. The summed E-state index contributed by atoms with van der Waals surface area (Å²) in [5, 5.41) is 7.17. The van der Waals surface area contributed by atoms with Crippen LogP contribution in [0.3, 0.4) is 0 Å². The molecule has 0 atom stereocenters. The second kappa shape index (κ2) is 4.02. The maximum absolute atomic E-state index is 5.68. The van der Waals surface area contributed by atoms with Crippen molar-refractivity contribution in [3.8, 4) is 0 Å². The number of aryl methyl sites for hydroxylation is 1. The van der Waals surface area contributed by atoms with Crippen molar-refractivity contribution in [2.45, 2.75) is 6.54 Å². The Morgan fingerprint density at radius 3 is 3.11 bits per heavy atom. The number of nitrogen functional groups attached to an aromatic ring is 1. The molecule has 92 valence electrons. The standard InChI is InChI=1S/C11H12N6O/c1-17-6-14-10(16-17)5-13-11-15-8-4-7(12)2-3-9(8)18-11/h2-4,6H,5,12H2,1H3,(H,13,15). The van der Waals surface area contributed by atoms with Gasteiger partial charge in [0.15, 0.2) is 11.4 Å². The highest BCUT2D eigenvalue weighted by atomic mass is 16.4. The predicted octanol–water partition coefficient (Wildman–Crippen LogP) is 1.15. The van der Waals surface area contributed by atoms with Crippen LogP contribution in [0.25, 0.3) is 11.1 Å². The first-order valence-corrected chi connectivity index (χ1v) is 5.45. The van der Waals surface area contributed by atoms with Gasteiger partial charge in [-0.25, -0.2) is 4.98 Å². The van der Waals surface area contributed by atoms with Crippen molar-refractivity contribution in [2.24, 2.45) is 7.05 Å². The minimum Gasteiger partial charge on any atom is -0.424 e. The quantitative estimate of drug-likeness (QED) is 0.671. The normalized spacial score (nSPS) is 10.9. The molecular formula is C11H12N6O. The van der Waals surface area contributed by atoms with Crippen LogP contribution in [0, 0.1) is 0 Å². The second-order valence-electron chi connectivity index (χ2n) is 3.93. The molecule has 3 rings (SSSR count). The lowest BCUT2D eigenvalue weighted by Gasteiger charge is -1.95. The van der Waals surface area contributed by atoms with Crippen molar-refractivity contribution in [2.75, 3.05) is 11.1 Å². The van der Waals surface area contributed by atoms with Crippen molar-refractivity contribution in [1.82, 2.24) is 19.7 Å². The largest absolute Gasteiger partial charge is 0.424 e. The molecule has 2 heterocycles. The van der Waals surface area contributed by atoms with Gasteiger partial charge >= 0.3 is 0 Å².